The maximum absolute atomic E-state index is 12.8. The summed E-state index contributed by atoms with van der Waals surface area (Å²) >= 11 is 0. The van der Waals surface area contributed by atoms with Gasteiger partial charge in [0.25, 0.3) is 5.91 Å². The Hall–Kier alpha value is -4.39. The first kappa shape index (κ1) is 20.9. The fourth-order valence-electron chi connectivity index (χ4n) is 3.30. The van der Waals surface area contributed by atoms with E-state index in [1.54, 1.807) is 43.8 Å². The quantitative estimate of drug-likeness (QED) is 0.387. The van der Waals surface area contributed by atoms with Gasteiger partial charge in [-0.3, -0.25) is 9.59 Å². The van der Waals surface area contributed by atoms with Gasteiger partial charge in [0.2, 0.25) is 5.91 Å². The first-order valence-electron chi connectivity index (χ1n) is 10.0. The lowest BCUT2D eigenvalue weighted by molar-refractivity contribution is -0.111. The fraction of sp³-hybridized carbons (Fsp3) is 0.0800. The monoisotopic (exact) mass is 426 g/mol. The highest BCUT2D eigenvalue weighted by atomic mass is 16.5. The molecule has 7 nitrogen and oxygen atoms in total. The lowest BCUT2D eigenvalue weighted by atomic mass is 10.1. The van der Waals surface area contributed by atoms with Crippen molar-refractivity contribution in [3.8, 4) is 5.75 Å². The van der Waals surface area contributed by atoms with Crippen LogP contribution >= 0.6 is 0 Å². The van der Waals surface area contributed by atoms with E-state index in [4.69, 9.17) is 4.74 Å². The summed E-state index contributed by atoms with van der Waals surface area (Å²) in [4.78, 5) is 32.5. The Morgan fingerprint density at radius 1 is 1.03 bits per heavy atom. The molecule has 2 aromatic carbocycles. The number of anilines is 2. The Kier molecular flexibility index (Phi) is 5.98. The van der Waals surface area contributed by atoms with Gasteiger partial charge in [0.1, 0.15) is 11.4 Å². The molecule has 4 aromatic rings. The van der Waals surface area contributed by atoms with Crippen LogP contribution in [-0.4, -0.2) is 28.9 Å². The van der Waals surface area contributed by atoms with E-state index in [2.05, 4.69) is 20.6 Å². The average Bonchev–Trinajstić information content (AvgIpc) is 3.27. The predicted molar refractivity (Wildman–Crippen MR) is 126 cm³/mol. The third-order valence-electron chi connectivity index (χ3n) is 4.96. The molecule has 0 bridgehead atoms. The first-order valence-corrected chi connectivity index (χ1v) is 10.0. The van der Waals surface area contributed by atoms with Crippen LogP contribution in [0.2, 0.25) is 0 Å². The van der Waals surface area contributed by atoms with Crippen LogP contribution in [0.5, 0.6) is 5.75 Å². The maximum atomic E-state index is 12.8. The number of para-hydroxylation sites is 1. The molecule has 0 spiro atoms. The Bertz CT molecular complexity index is 1320. The highest BCUT2D eigenvalue weighted by molar-refractivity contribution is 6.07. The summed E-state index contributed by atoms with van der Waals surface area (Å²) in [5.41, 5.74) is 3.92. The number of methoxy groups -OCH3 is 1. The molecule has 32 heavy (non-hydrogen) atoms. The lowest BCUT2D eigenvalue weighted by Crippen LogP contribution is -2.15. The number of hydrogen-bond acceptors (Lipinski definition) is 4. The van der Waals surface area contributed by atoms with Gasteiger partial charge in [0, 0.05) is 34.5 Å². The normalized spacial score (nSPS) is 10.9. The second-order valence-electron chi connectivity index (χ2n) is 7.19. The summed E-state index contributed by atoms with van der Waals surface area (Å²) in [6, 6.07) is 16.4. The molecule has 0 radical (unpaired) electrons. The van der Waals surface area contributed by atoms with Crippen molar-refractivity contribution in [3.05, 3.63) is 89.8 Å². The molecule has 3 N–H and O–H groups in total. The molecule has 0 saturated heterocycles. The van der Waals surface area contributed by atoms with Crippen LogP contribution in [0.15, 0.2) is 73.1 Å². The van der Waals surface area contributed by atoms with Crippen LogP contribution in [0.25, 0.3) is 17.1 Å². The number of aromatic nitrogens is 2. The van der Waals surface area contributed by atoms with Crippen molar-refractivity contribution >= 4 is 40.3 Å². The average molecular weight is 426 g/mol. The number of nitrogens with zero attached hydrogens (tertiary/aromatic N) is 1. The number of amides is 2. The molecular weight excluding hydrogens is 404 g/mol. The topological polar surface area (TPSA) is 96.1 Å². The zero-order valence-corrected chi connectivity index (χ0v) is 17.7. The largest absolute Gasteiger partial charge is 0.496 e. The molecule has 160 valence electrons. The van der Waals surface area contributed by atoms with Crippen molar-refractivity contribution in [2.75, 3.05) is 17.7 Å². The number of carbonyl (C=O) groups excluding carboxylic acids is 2. The predicted octanol–water partition coefficient (Wildman–Crippen LogP) is 4.78. The number of fused-ring (bicyclic) bond motifs is 1. The van der Waals surface area contributed by atoms with Crippen molar-refractivity contribution in [2.45, 2.75) is 6.92 Å². The second kappa shape index (κ2) is 9.18. The van der Waals surface area contributed by atoms with Crippen LogP contribution < -0.4 is 15.4 Å². The Balaban J connectivity index is 1.47. The summed E-state index contributed by atoms with van der Waals surface area (Å²) in [6.07, 6.45) is 6.50. The van der Waals surface area contributed by atoms with E-state index in [9.17, 15) is 9.59 Å². The summed E-state index contributed by atoms with van der Waals surface area (Å²) < 4.78 is 5.29. The lowest BCUT2D eigenvalue weighted by Gasteiger charge is -2.10. The minimum absolute atomic E-state index is 0.278. The summed E-state index contributed by atoms with van der Waals surface area (Å²) in [5, 5.41) is 6.56. The van der Waals surface area contributed by atoms with E-state index >= 15 is 0 Å². The van der Waals surface area contributed by atoms with E-state index in [1.165, 1.54) is 6.08 Å². The number of hydrogen-bond donors (Lipinski definition) is 3. The zero-order chi connectivity index (χ0) is 22.5. The van der Waals surface area contributed by atoms with Gasteiger partial charge in [-0.25, -0.2) is 4.98 Å². The molecule has 0 aliphatic heterocycles. The number of aromatic amines is 1. The van der Waals surface area contributed by atoms with Gasteiger partial charge >= 0.3 is 0 Å². The fourth-order valence-corrected chi connectivity index (χ4v) is 3.30. The van der Waals surface area contributed by atoms with Gasteiger partial charge in [-0.1, -0.05) is 24.3 Å². The first-order chi connectivity index (χ1) is 15.5. The summed E-state index contributed by atoms with van der Waals surface area (Å²) in [6.45, 7) is 1.84. The van der Waals surface area contributed by atoms with Gasteiger partial charge in [0.05, 0.1) is 19.0 Å². The van der Waals surface area contributed by atoms with Crippen molar-refractivity contribution in [1.29, 1.82) is 0 Å². The molecule has 4 rings (SSSR count). The number of benzene rings is 2. The van der Waals surface area contributed by atoms with E-state index in [0.29, 0.717) is 22.7 Å². The Labute approximate surface area is 185 Å². The zero-order valence-electron chi connectivity index (χ0n) is 17.7. The number of H-pyrrole nitrogens is 1. The molecule has 7 heteroatoms. The number of aryl methyl sites for hydroxylation is 1. The second-order valence-corrected chi connectivity index (χ2v) is 7.19. The molecule has 0 aliphatic rings. The molecule has 0 aliphatic carbocycles. The van der Waals surface area contributed by atoms with Crippen LogP contribution in [0, 0.1) is 6.92 Å². The number of carbonyl (C=O) groups is 2. The highest BCUT2D eigenvalue weighted by Gasteiger charge is 2.12. The van der Waals surface area contributed by atoms with Crippen molar-refractivity contribution in [3.63, 3.8) is 0 Å². The SMILES string of the molecule is COc1ccccc1C=CC(=O)Nc1ccc(C)c(C(=O)Nc2cnc3[nH]ccc3c2)c1. The third kappa shape index (κ3) is 4.67. The van der Waals surface area contributed by atoms with Gasteiger partial charge < -0.3 is 20.4 Å². The van der Waals surface area contributed by atoms with Crippen molar-refractivity contribution in [2.24, 2.45) is 0 Å². The van der Waals surface area contributed by atoms with E-state index < -0.39 is 0 Å². The minimum atomic E-state index is -0.312. The molecule has 0 fully saturated rings. The standard InChI is InChI=1S/C25H22N4O3/c1-16-7-9-19(28-23(30)10-8-17-5-3-4-6-22(17)32-2)14-21(16)25(31)29-20-13-18-11-12-26-24(18)27-15-20/h3-15H,1-2H3,(H,26,27)(H,28,30)(H,29,31). The third-order valence-corrected chi connectivity index (χ3v) is 4.96. The smallest absolute Gasteiger partial charge is 0.256 e. The Morgan fingerprint density at radius 2 is 1.88 bits per heavy atom. The number of pyridine rings is 1. The van der Waals surface area contributed by atoms with Crippen LogP contribution in [0.1, 0.15) is 21.5 Å². The van der Waals surface area contributed by atoms with E-state index in [0.717, 1.165) is 22.2 Å². The van der Waals surface area contributed by atoms with Crippen LogP contribution in [0.4, 0.5) is 11.4 Å². The van der Waals surface area contributed by atoms with Crippen molar-refractivity contribution in [1.82, 2.24) is 9.97 Å². The van der Waals surface area contributed by atoms with Crippen LogP contribution in [0.3, 0.4) is 0 Å². The number of rotatable bonds is 6. The molecule has 0 unspecified atom stereocenters. The van der Waals surface area contributed by atoms with Gasteiger partial charge in [-0.2, -0.15) is 0 Å². The molecule has 2 aromatic heterocycles. The number of nitrogens with one attached hydrogen (secondary N) is 3. The molecular formula is C25H22N4O3. The summed E-state index contributed by atoms with van der Waals surface area (Å²) in [7, 11) is 1.58. The van der Waals surface area contributed by atoms with Gasteiger partial charge in [-0.15, -0.1) is 0 Å². The maximum Gasteiger partial charge on any atom is 0.256 e. The van der Waals surface area contributed by atoms with Crippen LogP contribution in [-0.2, 0) is 4.79 Å². The number of ether oxygens (including phenoxy) is 1. The van der Waals surface area contributed by atoms with E-state index in [1.807, 2.05) is 43.3 Å². The molecule has 2 amide bonds. The highest BCUT2D eigenvalue weighted by Crippen LogP contribution is 2.21. The Morgan fingerprint density at radius 3 is 2.72 bits per heavy atom. The summed E-state index contributed by atoms with van der Waals surface area (Å²) in [5.74, 6) is 0.0891. The van der Waals surface area contributed by atoms with Gasteiger partial charge in [0.15, 0.2) is 0 Å². The molecule has 2 heterocycles. The minimum Gasteiger partial charge on any atom is -0.496 e. The van der Waals surface area contributed by atoms with Gasteiger partial charge in [-0.05, 0) is 48.9 Å². The van der Waals surface area contributed by atoms with E-state index in [-0.39, 0.29) is 11.8 Å². The molecule has 0 saturated carbocycles. The van der Waals surface area contributed by atoms with Crippen molar-refractivity contribution < 1.29 is 14.3 Å². The molecule has 0 atom stereocenters.